The van der Waals surface area contributed by atoms with E-state index in [2.05, 4.69) is 5.10 Å². The van der Waals surface area contributed by atoms with E-state index in [1.54, 1.807) is 43.4 Å². The lowest BCUT2D eigenvalue weighted by Crippen LogP contribution is -2.20. The molecule has 5 nitrogen and oxygen atoms in total. The van der Waals surface area contributed by atoms with E-state index < -0.39 is 0 Å². The van der Waals surface area contributed by atoms with Gasteiger partial charge in [0, 0.05) is 23.6 Å². The third-order valence-electron chi connectivity index (χ3n) is 4.84. The van der Waals surface area contributed by atoms with Gasteiger partial charge in [0.2, 0.25) is 0 Å². The van der Waals surface area contributed by atoms with Gasteiger partial charge in [-0.05, 0) is 55.0 Å². The minimum absolute atomic E-state index is 0.174. The van der Waals surface area contributed by atoms with Crippen LogP contribution in [0.1, 0.15) is 5.56 Å². The number of hydrogen-bond acceptors (Lipinski definition) is 4. The van der Waals surface area contributed by atoms with Crippen LogP contribution in [0.4, 0.5) is 15.8 Å². The van der Waals surface area contributed by atoms with Crippen molar-refractivity contribution < 1.29 is 4.39 Å². The first kappa shape index (κ1) is 17.7. The van der Waals surface area contributed by atoms with Gasteiger partial charge in [-0.2, -0.15) is 5.10 Å². The zero-order valence-corrected chi connectivity index (χ0v) is 15.5. The Morgan fingerprint density at radius 1 is 0.893 bits per heavy atom. The zero-order valence-electron chi connectivity index (χ0n) is 15.5. The minimum atomic E-state index is -0.377. The van der Waals surface area contributed by atoms with Crippen molar-refractivity contribution in [2.24, 2.45) is 7.05 Å². The fourth-order valence-electron chi connectivity index (χ4n) is 3.31. The van der Waals surface area contributed by atoms with Crippen molar-refractivity contribution in [2.45, 2.75) is 6.92 Å². The van der Waals surface area contributed by atoms with Crippen LogP contribution in [0.15, 0.2) is 59.4 Å². The number of fused-ring (bicyclic) bond motifs is 1. The Morgan fingerprint density at radius 3 is 2.39 bits per heavy atom. The molecule has 4 N–H and O–H groups in total. The molecule has 0 atom stereocenters. The predicted molar refractivity (Wildman–Crippen MR) is 111 cm³/mol. The van der Waals surface area contributed by atoms with Gasteiger partial charge in [-0.15, -0.1) is 0 Å². The number of halogens is 1. The maximum Gasteiger partial charge on any atom is 0.274 e. The van der Waals surface area contributed by atoms with E-state index in [9.17, 15) is 9.18 Å². The van der Waals surface area contributed by atoms with Crippen molar-refractivity contribution in [3.63, 3.8) is 0 Å². The van der Waals surface area contributed by atoms with Crippen LogP contribution in [0, 0.1) is 12.7 Å². The Morgan fingerprint density at radius 2 is 1.64 bits per heavy atom. The summed E-state index contributed by atoms with van der Waals surface area (Å²) >= 11 is 0. The zero-order chi connectivity index (χ0) is 20.0. The Balaban J connectivity index is 1.99. The molecule has 0 radical (unpaired) electrons. The Hall–Kier alpha value is -3.67. The highest BCUT2D eigenvalue weighted by molar-refractivity contribution is 5.95. The largest absolute Gasteiger partial charge is 0.397 e. The highest BCUT2D eigenvalue weighted by atomic mass is 19.1. The van der Waals surface area contributed by atoms with E-state index >= 15 is 0 Å². The van der Waals surface area contributed by atoms with Crippen molar-refractivity contribution in [3.8, 4) is 22.4 Å². The number of hydrogen-bond donors (Lipinski definition) is 2. The van der Waals surface area contributed by atoms with Gasteiger partial charge in [-0.3, -0.25) is 4.79 Å². The monoisotopic (exact) mass is 374 g/mol. The van der Waals surface area contributed by atoms with E-state index in [1.807, 2.05) is 19.1 Å². The molecule has 6 heteroatoms. The Kier molecular flexibility index (Phi) is 4.11. The minimum Gasteiger partial charge on any atom is -0.397 e. The predicted octanol–water partition coefficient (Wildman–Crippen LogP) is 3.88. The van der Waals surface area contributed by atoms with Gasteiger partial charge < -0.3 is 11.5 Å². The summed E-state index contributed by atoms with van der Waals surface area (Å²) in [6, 6.07) is 15.4. The molecular weight excluding hydrogens is 355 g/mol. The third-order valence-corrected chi connectivity index (χ3v) is 4.84. The lowest BCUT2D eigenvalue weighted by molar-refractivity contribution is 0.631. The summed E-state index contributed by atoms with van der Waals surface area (Å²) in [6.45, 7) is 1.95. The van der Waals surface area contributed by atoms with Crippen molar-refractivity contribution in [1.29, 1.82) is 0 Å². The van der Waals surface area contributed by atoms with Crippen molar-refractivity contribution in [2.75, 3.05) is 11.5 Å². The van der Waals surface area contributed by atoms with Crippen LogP contribution in [0.3, 0.4) is 0 Å². The number of anilines is 2. The van der Waals surface area contributed by atoms with Crippen molar-refractivity contribution >= 4 is 22.1 Å². The second kappa shape index (κ2) is 6.49. The van der Waals surface area contributed by atoms with E-state index in [1.165, 1.54) is 10.7 Å². The normalized spacial score (nSPS) is 11.1. The SMILES string of the molecule is Cc1ccc2c(=O)n(C)nc(-c3ccc(F)c(-c4ccc(N)c(N)c4)c3)c2c1. The van der Waals surface area contributed by atoms with Crippen molar-refractivity contribution in [1.82, 2.24) is 9.78 Å². The molecule has 0 unspecified atom stereocenters. The highest BCUT2D eigenvalue weighted by Crippen LogP contribution is 2.32. The number of nitrogen functional groups attached to an aromatic ring is 2. The Labute approximate surface area is 161 Å². The number of aryl methyl sites for hydroxylation is 2. The molecule has 4 rings (SSSR count). The maximum atomic E-state index is 14.6. The summed E-state index contributed by atoms with van der Waals surface area (Å²) in [5.74, 6) is -0.377. The van der Waals surface area contributed by atoms with Crippen LogP contribution in [0.5, 0.6) is 0 Å². The van der Waals surface area contributed by atoms with Crippen LogP contribution in [-0.4, -0.2) is 9.78 Å². The summed E-state index contributed by atoms with van der Waals surface area (Å²) < 4.78 is 15.9. The number of aromatic nitrogens is 2. The maximum absolute atomic E-state index is 14.6. The average Bonchev–Trinajstić information content (AvgIpc) is 2.67. The van der Waals surface area contributed by atoms with Gasteiger partial charge >= 0.3 is 0 Å². The lowest BCUT2D eigenvalue weighted by atomic mass is 9.97. The first-order valence-electron chi connectivity index (χ1n) is 8.78. The molecule has 0 aliphatic rings. The average molecular weight is 374 g/mol. The lowest BCUT2D eigenvalue weighted by Gasteiger charge is -2.12. The number of rotatable bonds is 2. The molecule has 0 saturated heterocycles. The van der Waals surface area contributed by atoms with Gasteiger partial charge in [0.05, 0.1) is 22.5 Å². The molecule has 1 heterocycles. The van der Waals surface area contributed by atoms with E-state index in [4.69, 9.17) is 11.5 Å². The number of nitrogens with zero attached hydrogens (tertiary/aromatic N) is 2. The first-order valence-corrected chi connectivity index (χ1v) is 8.78. The summed E-state index contributed by atoms with van der Waals surface area (Å²) in [6.07, 6.45) is 0. The molecule has 0 aliphatic carbocycles. The molecule has 0 saturated carbocycles. The molecule has 0 amide bonds. The molecule has 0 fully saturated rings. The molecule has 3 aromatic carbocycles. The smallest absolute Gasteiger partial charge is 0.274 e. The fraction of sp³-hybridized carbons (Fsp3) is 0.0909. The van der Waals surface area contributed by atoms with Gasteiger partial charge in [-0.1, -0.05) is 17.7 Å². The van der Waals surface area contributed by atoms with Crippen LogP contribution < -0.4 is 17.0 Å². The van der Waals surface area contributed by atoms with Gasteiger partial charge in [0.25, 0.3) is 5.56 Å². The first-order chi connectivity index (χ1) is 13.3. The van der Waals surface area contributed by atoms with Crippen LogP contribution in [0.25, 0.3) is 33.2 Å². The second-order valence-electron chi connectivity index (χ2n) is 6.86. The van der Waals surface area contributed by atoms with Gasteiger partial charge in [0.15, 0.2) is 0 Å². The fourth-order valence-corrected chi connectivity index (χ4v) is 3.31. The number of nitrogens with two attached hydrogens (primary N) is 2. The van der Waals surface area contributed by atoms with Crippen LogP contribution in [-0.2, 0) is 7.05 Å². The van der Waals surface area contributed by atoms with E-state index in [0.29, 0.717) is 39.1 Å². The molecule has 0 spiro atoms. The second-order valence-corrected chi connectivity index (χ2v) is 6.86. The Bertz CT molecular complexity index is 1290. The van der Waals surface area contributed by atoms with E-state index in [-0.39, 0.29) is 11.4 Å². The highest BCUT2D eigenvalue weighted by Gasteiger charge is 2.14. The summed E-state index contributed by atoms with van der Waals surface area (Å²) in [4.78, 5) is 12.4. The van der Waals surface area contributed by atoms with Crippen molar-refractivity contribution in [3.05, 3.63) is 76.3 Å². The third kappa shape index (κ3) is 2.89. The van der Waals surface area contributed by atoms with Crippen LogP contribution in [0.2, 0.25) is 0 Å². The summed E-state index contributed by atoms with van der Waals surface area (Å²) in [5.41, 5.74) is 15.7. The van der Waals surface area contributed by atoms with Crippen LogP contribution >= 0.6 is 0 Å². The molecule has 1 aromatic heterocycles. The summed E-state index contributed by atoms with van der Waals surface area (Å²) in [5, 5.41) is 5.75. The topological polar surface area (TPSA) is 86.9 Å². The number of benzene rings is 3. The van der Waals surface area contributed by atoms with Gasteiger partial charge in [0.1, 0.15) is 5.82 Å². The standard InChI is InChI=1S/C22H19FN4O/c1-12-3-6-15-17(9-12)21(26-27(2)22(15)28)14-4-7-18(23)16(10-14)13-5-8-19(24)20(25)11-13/h3-11H,24-25H2,1-2H3. The molecule has 4 aromatic rings. The molecule has 0 bridgehead atoms. The van der Waals surface area contributed by atoms with Gasteiger partial charge in [-0.25, -0.2) is 9.07 Å². The van der Waals surface area contributed by atoms with E-state index in [0.717, 1.165) is 10.9 Å². The molecule has 140 valence electrons. The quantitative estimate of drug-likeness (QED) is 0.521. The summed E-state index contributed by atoms with van der Waals surface area (Å²) in [7, 11) is 1.61. The molecular formula is C22H19FN4O. The molecule has 28 heavy (non-hydrogen) atoms. The molecule has 0 aliphatic heterocycles.